The Morgan fingerprint density at radius 2 is 1.81 bits per heavy atom. The van der Waals surface area contributed by atoms with E-state index in [1.165, 1.54) is 28.9 Å². The number of hydrogen-bond donors (Lipinski definition) is 2. The van der Waals surface area contributed by atoms with Crippen LogP contribution in [0.25, 0.3) is 0 Å². The number of carbonyl (C=O) groups is 1. The second-order valence-electron chi connectivity index (χ2n) is 8.39. The molecule has 1 amide bonds. The van der Waals surface area contributed by atoms with Crippen molar-refractivity contribution in [3.8, 4) is 0 Å². The average Bonchev–Trinajstić information content (AvgIpc) is 3.58. The standard InChI is InChI=1S/C25H32N4OS/c1-26-24(28-19-25(14-15-25)31-22-10-3-2-4-11-22)27-16-7-12-23(30)29-17-13-20-8-5-6-9-21(20)18-29/h2-6,8-11H,7,12-19H2,1H3,(H2,26,27,28). The molecule has 2 N–H and O–H groups in total. The van der Waals surface area contributed by atoms with Crippen LogP contribution in [0.4, 0.5) is 0 Å². The normalized spacial score (nSPS) is 17.1. The van der Waals surface area contributed by atoms with Crippen LogP contribution in [0.3, 0.4) is 0 Å². The fraction of sp³-hybridized carbons (Fsp3) is 0.440. The highest BCUT2D eigenvalue weighted by Gasteiger charge is 2.43. The van der Waals surface area contributed by atoms with Gasteiger partial charge in [-0.25, -0.2) is 0 Å². The lowest BCUT2D eigenvalue weighted by Crippen LogP contribution is -2.42. The van der Waals surface area contributed by atoms with Crippen LogP contribution in [0.5, 0.6) is 0 Å². The van der Waals surface area contributed by atoms with Crippen molar-refractivity contribution in [2.75, 3.05) is 26.7 Å². The first-order valence-electron chi connectivity index (χ1n) is 11.2. The van der Waals surface area contributed by atoms with E-state index in [-0.39, 0.29) is 10.7 Å². The number of nitrogens with zero attached hydrogens (tertiary/aromatic N) is 2. The summed E-state index contributed by atoms with van der Waals surface area (Å²) in [5, 5.41) is 6.84. The minimum Gasteiger partial charge on any atom is -0.356 e. The van der Waals surface area contributed by atoms with Gasteiger partial charge >= 0.3 is 0 Å². The van der Waals surface area contributed by atoms with Gasteiger partial charge in [-0.15, -0.1) is 11.8 Å². The van der Waals surface area contributed by atoms with Gasteiger partial charge in [0, 0.05) is 49.3 Å². The minimum atomic E-state index is 0.246. The highest BCUT2D eigenvalue weighted by atomic mass is 32.2. The zero-order valence-electron chi connectivity index (χ0n) is 18.3. The van der Waals surface area contributed by atoms with Crippen molar-refractivity contribution >= 4 is 23.6 Å². The summed E-state index contributed by atoms with van der Waals surface area (Å²) in [6.45, 7) is 3.22. The Morgan fingerprint density at radius 1 is 1.06 bits per heavy atom. The van der Waals surface area contributed by atoms with E-state index in [9.17, 15) is 4.79 Å². The lowest BCUT2D eigenvalue weighted by atomic mass is 9.99. The van der Waals surface area contributed by atoms with Crippen molar-refractivity contribution in [3.05, 3.63) is 65.7 Å². The molecule has 1 fully saturated rings. The molecule has 6 heteroatoms. The molecule has 1 heterocycles. The summed E-state index contributed by atoms with van der Waals surface area (Å²) in [7, 11) is 1.80. The maximum atomic E-state index is 12.6. The Morgan fingerprint density at radius 3 is 2.55 bits per heavy atom. The largest absolute Gasteiger partial charge is 0.356 e. The molecule has 5 nitrogen and oxygen atoms in total. The predicted molar refractivity (Wildman–Crippen MR) is 128 cm³/mol. The summed E-state index contributed by atoms with van der Waals surface area (Å²) >= 11 is 1.96. The van der Waals surface area contributed by atoms with E-state index in [1.54, 1.807) is 7.05 Å². The van der Waals surface area contributed by atoms with Gasteiger partial charge in [-0.2, -0.15) is 0 Å². The van der Waals surface area contributed by atoms with E-state index in [0.29, 0.717) is 6.42 Å². The van der Waals surface area contributed by atoms with Gasteiger partial charge in [0.05, 0.1) is 0 Å². The lowest BCUT2D eigenvalue weighted by Gasteiger charge is -2.29. The molecule has 0 spiro atoms. The number of carbonyl (C=O) groups excluding carboxylic acids is 1. The lowest BCUT2D eigenvalue weighted by molar-refractivity contribution is -0.132. The number of guanidine groups is 1. The number of thioether (sulfide) groups is 1. The van der Waals surface area contributed by atoms with Gasteiger partial charge in [0.15, 0.2) is 5.96 Å². The number of rotatable bonds is 8. The molecule has 0 radical (unpaired) electrons. The van der Waals surface area contributed by atoms with Crippen LogP contribution in [0.1, 0.15) is 36.8 Å². The number of hydrogen-bond acceptors (Lipinski definition) is 3. The van der Waals surface area contributed by atoms with Gasteiger partial charge in [-0.3, -0.25) is 9.79 Å². The molecule has 1 saturated carbocycles. The SMILES string of the molecule is CN=C(NCCCC(=O)N1CCc2ccccc2C1)NCC1(Sc2ccccc2)CC1. The molecular weight excluding hydrogens is 404 g/mol. The van der Waals surface area contributed by atoms with Crippen molar-refractivity contribution in [2.24, 2.45) is 4.99 Å². The fourth-order valence-corrected chi connectivity index (χ4v) is 5.22. The zero-order valence-corrected chi connectivity index (χ0v) is 19.1. The number of aliphatic imine (C=N–C) groups is 1. The molecule has 0 aromatic heterocycles. The Bertz CT molecular complexity index is 911. The third kappa shape index (κ3) is 6.03. The smallest absolute Gasteiger partial charge is 0.222 e. The quantitative estimate of drug-likeness (QED) is 0.375. The molecule has 2 aliphatic rings. The van der Waals surface area contributed by atoms with Crippen LogP contribution in [0.15, 0.2) is 64.5 Å². The Balaban J connectivity index is 1.15. The minimum absolute atomic E-state index is 0.246. The van der Waals surface area contributed by atoms with Gasteiger partial charge in [-0.05, 0) is 48.9 Å². The average molecular weight is 437 g/mol. The molecule has 31 heavy (non-hydrogen) atoms. The summed E-state index contributed by atoms with van der Waals surface area (Å²) in [6, 6.07) is 19.0. The molecule has 2 aromatic carbocycles. The maximum absolute atomic E-state index is 12.6. The van der Waals surface area contributed by atoms with E-state index in [2.05, 4.69) is 70.2 Å². The number of nitrogens with one attached hydrogen (secondary N) is 2. The molecule has 164 valence electrons. The fourth-order valence-electron chi connectivity index (χ4n) is 3.97. The molecule has 0 unspecified atom stereocenters. The zero-order chi connectivity index (χ0) is 21.5. The van der Waals surface area contributed by atoms with Crippen LogP contribution in [0, 0.1) is 0 Å². The third-order valence-electron chi connectivity index (χ3n) is 6.03. The topological polar surface area (TPSA) is 56.7 Å². The highest BCUT2D eigenvalue weighted by Crippen LogP contribution is 2.51. The third-order valence-corrected chi connectivity index (χ3v) is 7.52. The molecule has 1 aliphatic carbocycles. The van der Waals surface area contributed by atoms with E-state index >= 15 is 0 Å². The van der Waals surface area contributed by atoms with E-state index in [1.807, 2.05) is 16.7 Å². The van der Waals surface area contributed by atoms with Crippen molar-refractivity contribution < 1.29 is 4.79 Å². The van der Waals surface area contributed by atoms with Gasteiger partial charge in [0.2, 0.25) is 5.91 Å². The van der Waals surface area contributed by atoms with Gasteiger partial charge in [0.25, 0.3) is 0 Å². The second-order valence-corrected chi connectivity index (χ2v) is 9.93. The Hall–Kier alpha value is -2.47. The Labute approximate surface area is 189 Å². The molecule has 4 rings (SSSR count). The molecule has 0 saturated heterocycles. The summed E-state index contributed by atoms with van der Waals surface area (Å²) in [4.78, 5) is 20.3. The molecule has 0 bridgehead atoms. The summed E-state index contributed by atoms with van der Waals surface area (Å²) in [6.07, 6.45) is 4.79. The number of fused-ring (bicyclic) bond motifs is 1. The van der Waals surface area contributed by atoms with Crippen molar-refractivity contribution in [3.63, 3.8) is 0 Å². The first kappa shape index (κ1) is 21.8. The van der Waals surface area contributed by atoms with E-state index in [0.717, 1.165) is 45.0 Å². The molecule has 1 aliphatic heterocycles. The number of amides is 1. The van der Waals surface area contributed by atoms with Crippen LogP contribution in [-0.2, 0) is 17.8 Å². The monoisotopic (exact) mass is 436 g/mol. The van der Waals surface area contributed by atoms with Crippen molar-refractivity contribution in [1.82, 2.24) is 15.5 Å². The van der Waals surface area contributed by atoms with Gasteiger partial charge < -0.3 is 15.5 Å². The number of benzene rings is 2. The van der Waals surface area contributed by atoms with Gasteiger partial charge in [-0.1, -0.05) is 42.5 Å². The van der Waals surface area contributed by atoms with E-state index in [4.69, 9.17) is 0 Å². The first-order chi connectivity index (χ1) is 15.2. The molecule has 0 atom stereocenters. The summed E-state index contributed by atoms with van der Waals surface area (Å²) < 4.78 is 0.277. The van der Waals surface area contributed by atoms with Gasteiger partial charge in [0.1, 0.15) is 0 Å². The molecular formula is C25H32N4OS. The second kappa shape index (κ2) is 10.2. The van der Waals surface area contributed by atoms with Crippen molar-refractivity contribution in [2.45, 2.75) is 48.3 Å². The molecule has 2 aromatic rings. The maximum Gasteiger partial charge on any atom is 0.222 e. The highest BCUT2D eigenvalue weighted by molar-refractivity contribution is 8.01. The predicted octanol–water partition coefficient (Wildman–Crippen LogP) is 3.84. The first-order valence-corrected chi connectivity index (χ1v) is 12.0. The van der Waals surface area contributed by atoms with Crippen molar-refractivity contribution in [1.29, 1.82) is 0 Å². The summed E-state index contributed by atoms with van der Waals surface area (Å²) in [5.74, 6) is 1.06. The Kier molecular flexibility index (Phi) is 7.17. The van der Waals surface area contributed by atoms with E-state index < -0.39 is 0 Å². The van der Waals surface area contributed by atoms with Crippen LogP contribution >= 0.6 is 11.8 Å². The van der Waals surface area contributed by atoms with Crippen LogP contribution in [0.2, 0.25) is 0 Å². The summed E-state index contributed by atoms with van der Waals surface area (Å²) in [5.41, 5.74) is 2.66. The van der Waals surface area contributed by atoms with Crippen LogP contribution < -0.4 is 10.6 Å². The van der Waals surface area contributed by atoms with Crippen LogP contribution in [-0.4, -0.2) is 48.2 Å².